The van der Waals surface area contributed by atoms with E-state index in [1.807, 2.05) is 13.8 Å². The molecule has 0 bridgehead atoms. The van der Waals surface area contributed by atoms with E-state index in [0.717, 1.165) is 42.2 Å². The summed E-state index contributed by atoms with van der Waals surface area (Å²) in [6.45, 7) is 5.81. The van der Waals surface area contributed by atoms with E-state index in [4.69, 9.17) is 9.72 Å². The molecule has 1 aliphatic heterocycles. The molecule has 5 rings (SSSR count). The third kappa shape index (κ3) is 6.24. The van der Waals surface area contributed by atoms with Crippen molar-refractivity contribution in [2.45, 2.75) is 45.8 Å². The van der Waals surface area contributed by atoms with E-state index in [2.05, 4.69) is 29.2 Å². The van der Waals surface area contributed by atoms with Crippen LogP contribution in [0.5, 0.6) is 5.75 Å². The van der Waals surface area contributed by atoms with E-state index in [1.165, 1.54) is 29.8 Å². The average molecular weight is 564 g/mol. The van der Waals surface area contributed by atoms with Gasteiger partial charge in [-0.2, -0.15) is 13.2 Å². The molecule has 0 fully saturated rings. The molecule has 0 radical (unpaired) electrons. The number of carbonyl (C=O) groups is 1. The van der Waals surface area contributed by atoms with Crippen molar-refractivity contribution in [2.24, 2.45) is 0 Å². The van der Waals surface area contributed by atoms with Crippen molar-refractivity contribution < 1.29 is 27.8 Å². The number of carboxylic acids is 1. The third-order valence-corrected chi connectivity index (χ3v) is 7.43. The summed E-state index contributed by atoms with van der Waals surface area (Å²) in [6.07, 6.45) is 0.0338. The topological polar surface area (TPSA) is 67.6 Å². The van der Waals surface area contributed by atoms with Crippen LogP contribution in [0.4, 0.5) is 19.1 Å². The maximum absolute atomic E-state index is 13.8. The molecule has 0 aliphatic carbocycles. The Morgan fingerprint density at radius 3 is 2.63 bits per heavy atom. The molecule has 2 heterocycles. The van der Waals surface area contributed by atoms with Gasteiger partial charge in [-0.05, 0) is 80.1 Å². The first kappa shape index (κ1) is 28.3. The lowest BCUT2D eigenvalue weighted by molar-refractivity contribution is -0.138. The molecule has 1 N–H and O–H groups in total. The Hall–Kier alpha value is -4.27. The summed E-state index contributed by atoms with van der Waals surface area (Å²) in [6, 6.07) is 16.4. The highest BCUT2D eigenvalue weighted by Gasteiger charge is 2.33. The van der Waals surface area contributed by atoms with Crippen LogP contribution >= 0.6 is 0 Å². The highest BCUT2D eigenvalue weighted by molar-refractivity contribution is 5.93. The van der Waals surface area contributed by atoms with Crippen LogP contribution in [0.25, 0.3) is 11.0 Å². The van der Waals surface area contributed by atoms with Gasteiger partial charge < -0.3 is 19.3 Å². The zero-order valence-corrected chi connectivity index (χ0v) is 23.0. The smallest absolute Gasteiger partial charge is 0.416 e. The summed E-state index contributed by atoms with van der Waals surface area (Å²) >= 11 is 0. The zero-order valence-electron chi connectivity index (χ0n) is 23.0. The summed E-state index contributed by atoms with van der Waals surface area (Å²) in [7, 11) is 0. The molecule has 3 aromatic carbocycles. The van der Waals surface area contributed by atoms with E-state index >= 15 is 0 Å². The van der Waals surface area contributed by atoms with Gasteiger partial charge in [0.15, 0.2) is 0 Å². The molecule has 0 atom stereocenters. The molecule has 0 saturated carbocycles. The Bertz CT molecular complexity index is 1610. The quantitative estimate of drug-likeness (QED) is 0.228. The second-order valence-electron chi connectivity index (χ2n) is 10.3. The molecule has 0 amide bonds. The first-order valence-corrected chi connectivity index (χ1v) is 13.7. The first-order chi connectivity index (χ1) is 19.6. The predicted octanol–water partition coefficient (Wildman–Crippen LogP) is 7.28. The number of hydrogen-bond acceptors (Lipinski definition) is 4. The van der Waals surface area contributed by atoms with Gasteiger partial charge >= 0.3 is 12.1 Å². The van der Waals surface area contributed by atoms with Crippen molar-refractivity contribution in [3.8, 4) is 5.75 Å². The van der Waals surface area contributed by atoms with Gasteiger partial charge in [-0.3, -0.25) is 0 Å². The number of imidazole rings is 1. The maximum Gasteiger partial charge on any atom is 0.416 e. The van der Waals surface area contributed by atoms with Gasteiger partial charge in [0.2, 0.25) is 5.95 Å². The molecule has 6 nitrogen and oxygen atoms in total. The number of aromatic nitrogens is 2. The fourth-order valence-electron chi connectivity index (χ4n) is 5.36. The number of benzene rings is 3. The fraction of sp³-hybridized carbons (Fsp3) is 0.312. The van der Waals surface area contributed by atoms with Crippen LogP contribution in [0.1, 0.15) is 52.4 Å². The fourth-order valence-corrected chi connectivity index (χ4v) is 5.36. The number of carboxylic acid groups (broad SMARTS) is 1. The number of ether oxygens (including phenoxy) is 1. The number of alkyl halides is 3. The number of nitrogens with zero attached hydrogens (tertiary/aromatic N) is 3. The standard InChI is InChI=1S/C32H32F3N3O3/c1-3-41-29-18-23(11-10-21(29)2)17-22-7-6-15-37(16-14-22)31-36-27-19-24(30(39)40)12-13-28(27)38(31)20-25-8-4-5-9-26(25)32(33,34)35/h4-5,7-13,18-19H,3,6,14-17,20H2,1-2H3,(H,39,40). The molecule has 0 unspecified atom stereocenters. The molecule has 4 aromatic rings. The second-order valence-corrected chi connectivity index (χ2v) is 10.3. The van der Waals surface area contributed by atoms with Crippen LogP contribution < -0.4 is 9.64 Å². The Balaban J connectivity index is 1.45. The number of rotatable bonds is 8. The van der Waals surface area contributed by atoms with Crippen molar-refractivity contribution in [1.82, 2.24) is 9.55 Å². The van der Waals surface area contributed by atoms with E-state index in [0.29, 0.717) is 36.7 Å². The van der Waals surface area contributed by atoms with E-state index in [-0.39, 0.29) is 17.7 Å². The molecule has 214 valence electrons. The normalized spacial score (nSPS) is 14.2. The second kappa shape index (κ2) is 11.7. The van der Waals surface area contributed by atoms with E-state index < -0.39 is 17.7 Å². The molecule has 41 heavy (non-hydrogen) atoms. The minimum atomic E-state index is -4.50. The average Bonchev–Trinajstić information content (AvgIpc) is 3.12. The number of halogens is 3. The molecular weight excluding hydrogens is 531 g/mol. The van der Waals surface area contributed by atoms with Gasteiger partial charge in [-0.25, -0.2) is 9.78 Å². The van der Waals surface area contributed by atoms with Crippen LogP contribution in [0, 0.1) is 6.92 Å². The maximum atomic E-state index is 13.8. The Labute approximate surface area is 236 Å². The monoisotopic (exact) mass is 563 g/mol. The number of aromatic carboxylic acids is 1. The van der Waals surface area contributed by atoms with Crippen molar-refractivity contribution in [1.29, 1.82) is 0 Å². The number of hydrogen-bond donors (Lipinski definition) is 1. The van der Waals surface area contributed by atoms with E-state index in [9.17, 15) is 23.1 Å². The molecular formula is C32H32F3N3O3. The Morgan fingerprint density at radius 1 is 1.07 bits per heavy atom. The van der Waals surface area contributed by atoms with Crippen LogP contribution in [0.15, 0.2) is 72.3 Å². The number of fused-ring (bicyclic) bond motifs is 1. The minimum absolute atomic E-state index is 0.0473. The largest absolute Gasteiger partial charge is 0.494 e. The molecule has 0 saturated heterocycles. The molecule has 1 aliphatic rings. The lowest BCUT2D eigenvalue weighted by atomic mass is 10.0. The minimum Gasteiger partial charge on any atom is -0.494 e. The summed E-state index contributed by atoms with van der Waals surface area (Å²) < 4.78 is 49.0. The van der Waals surface area contributed by atoms with E-state index in [1.54, 1.807) is 16.7 Å². The van der Waals surface area contributed by atoms with Crippen LogP contribution in [0.3, 0.4) is 0 Å². The van der Waals surface area contributed by atoms with Crippen molar-refractivity contribution >= 4 is 23.0 Å². The van der Waals surface area contributed by atoms with Crippen molar-refractivity contribution in [2.75, 3.05) is 24.6 Å². The number of aryl methyl sites for hydroxylation is 1. The van der Waals surface area contributed by atoms with Gasteiger partial charge in [0.1, 0.15) is 5.75 Å². The molecule has 1 aromatic heterocycles. The first-order valence-electron chi connectivity index (χ1n) is 13.7. The SMILES string of the molecule is CCOc1cc(CC2=CCCN(c3nc4cc(C(=O)O)ccc4n3Cc3ccccc3C(F)(F)F)CC2)ccc1C. The summed E-state index contributed by atoms with van der Waals surface area (Å²) in [5.41, 5.74) is 4.06. The lowest BCUT2D eigenvalue weighted by Crippen LogP contribution is -2.28. The molecule has 9 heteroatoms. The molecule has 0 spiro atoms. The van der Waals surface area contributed by atoms with Gasteiger partial charge in [0.05, 0.1) is 35.3 Å². The Morgan fingerprint density at radius 2 is 1.88 bits per heavy atom. The zero-order chi connectivity index (χ0) is 29.1. The highest BCUT2D eigenvalue weighted by atomic mass is 19.4. The third-order valence-electron chi connectivity index (χ3n) is 7.43. The summed E-state index contributed by atoms with van der Waals surface area (Å²) in [5, 5.41) is 9.50. The Kier molecular flexibility index (Phi) is 8.06. The van der Waals surface area contributed by atoms with Gasteiger partial charge in [-0.1, -0.05) is 42.0 Å². The van der Waals surface area contributed by atoms with Crippen LogP contribution in [0.2, 0.25) is 0 Å². The highest BCUT2D eigenvalue weighted by Crippen LogP contribution is 2.34. The van der Waals surface area contributed by atoms with Gasteiger partial charge in [0.25, 0.3) is 0 Å². The van der Waals surface area contributed by atoms with Gasteiger partial charge in [0, 0.05) is 13.1 Å². The summed E-state index contributed by atoms with van der Waals surface area (Å²) in [4.78, 5) is 18.5. The predicted molar refractivity (Wildman–Crippen MR) is 153 cm³/mol. The summed E-state index contributed by atoms with van der Waals surface area (Å²) in [5.74, 6) is 0.329. The van der Waals surface area contributed by atoms with Crippen LogP contribution in [-0.4, -0.2) is 40.3 Å². The van der Waals surface area contributed by atoms with Crippen molar-refractivity contribution in [3.63, 3.8) is 0 Å². The van der Waals surface area contributed by atoms with Crippen LogP contribution in [-0.2, 0) is 19.1 Å². The van der Waals surface area contributed by atoms with Crippen molar-refractivity contribution in [3.05, 3.63) is 100 Å². The van der Waals surface area contributed by atoms with Gasteiger partial charge in [-0.15, -0.1) is 0 Å². The number of anilines is 1. The lowest BCUT2D eigenvalue weighted by Gasteiger charge is -2.24.